The van der Waals surface area contributed by atoms with Crippen LogP contribution in [-0.2, 0) is 14.3 Å². The highest BCUT2D eigenvalue weighted by Gasteiger charge is 2.21. The van der Waals surface area contributed by atoms with Crippen LogP contribution in [0.1, 0.15) is 29.9 Å². The number of hydrogen-bond acceptors (Lipinski definition) is 5. The Morgan fingerprint density at radius 2 is 2.08 bits per heavy atom. The number of esters is 1. The van der Waals surface area contributed by atoms with Crippen molar-refractivity contribution in [1.82, 2.24) is 9.78 Å². The first kappa shape index (κ1) is 18.2. The first-order chi connectivity index (χ1) is 11.8. The number of carboxylic acid groups (broad SMARTS) is 1. The number of nitrogens with one attached hydrogen (secondary N) is 1. The molecule has 1 aromatic carbocycles. The molecular weight excluding hydrogens is 326 g/mol. The summed E-state index contributed by atoms with van der Waals surface area (Å²) in [4.78, 5) is 34.6. The van der Waals surface area contributed by atoms with E-state index in [1.807, 2.05) is 0 Å². The summed E-state index contributed by atoms with van der Waals surface area (Å²) in [6.45, 7) is 5.04. The summed E-state index contributed by atoms with van der Waals surface area (Å²) < 4.78 is 6.52. The highest BCUT2D eigenvalue weighted by Crippen LogP contribution is 2.19. The van der Waals surface area contributed by atoms with Gasteiger partial charge in [-0.25, -0.2) is 9.48 Å². The fourth-order valence-electron chi connectivity index (χ4n) is 2.16. The Kier molecular flexibility index (Phi) is 5.53. The van der Waals surface area contributed by atoms with Crippen molar-refractivity contribution in [3.63, 3.8) is 0 Å². The van der Waals surface area contributed by atoms with Crippen LogP contribution in [0.3, 0.4) is 0 Å². The number of carbonyl (C=O) groups is 3. The minimum Gasteiger partial charge on any atom is -0.481 e. The van der Waals surface area contributed by atoms with Crippen molar-refractivity contribution in [3.8, 4) is 5.69 Å². The Hall–Kier alpha value is -3.16. The average molecular weight is 345 g/mol. The van der Waals surface area contributed by atoms with E-state index in [1.165, 1.54) is 13.1 Å². The van der Waals surface area contributed by atoms with E-state index in [0.717, 1.165) is 0 Å². The van der Waals surface area contributed by atoms with Gasteiger partial charge in [0.1, 0.15) is 11.5 Å². The molecule has 1 amide bonds. The summed E-state index contributed by atoms with van der Waals surface area (Å²) in [6, 6.07) is 6.73. The molecule has 0 bridgehead atoms. The smallest absolute Gasteiger partial charge is 0.341 e. The quantitative estimate of drug-likeness (QED) is 0.612. The van der Waals surface area contributed by atoms with Gasteiger partial charge in [0.25, 0.3) is 0 Å². The van der Waals surface area contributed by atoms with Gasteiger partial charge in [-0.1, -0.05) is 6.07 Å². The maximum absolute atomic E-state index is 11.9. The second kappa shape index (κ2) is 7.61. The van der Waals surface area contributed by atoms with Gasteiger partial charge >= 0.3 is 11.9 Å². The first-order valence-electron chi connectivity index (χ1n) is 7.71. The zero-order chi connectivity index (χ0) is 18.6. The number of carbonyl (C=O) groups excluding carboxylic acids is 2. The van der Waals surface area contributed by atoms with E-state index in [-0.39, 0.29) is 6.61 Å². The number of benzene rings is 1. The van der Waals surface area contributed by atoms with Crippen LogP contribution in [0.2, 0.25) is 0 Å². The summed E-state index contributed by atoms with van der Waals surface area (Å²) >= 11 is 0. The Labute approximate surface area is 144 Å². The number of anilines is 1. The van der Waals surface area contributed by atoms with Crippen molar-refractivity contribution in [2.45, 2.75) is 20.8 Å². The lowest BCUT2D eigenvalue weighted by molar-refractivity contribution is -0.144. The van der Waals surface area contributed by atoms with Crippen LogP contribution >= 0.6 is 0 Å². The molecule has 2 aromatic rings. The van der Waals surface area contributed by atoms with Crippen LogP contribution in [-0.4, -0.2) is 39.3 Å². The van der Waals surface area contributed by atoms with Crippen LogP contribution < -0.4 is 5.32 Å². The van der Waals surface area contributed by atoms with Crippen molar-refractivity contribution in [1.29, 1.82) is 0 Å². The van der Waals surface area contributed by atoms with Crippen LogP contribution in [0.25, 0.3) is 5.69 Å². The Morgan fingerprint density at radius 1 is 1.36 bits per heavy atom. The number of nitrogens with zero attached hydrogens (tertiary/aromatic N) is 2. The lowest BCUT2D eigenvalue weighted by atomic mass is 10.1. The van der Waals surface area contributed by atoms with Crippen LogP contribution in [0.5, 0.6) is 0 Å². The summed E-state index contributed by atoms with van der Waals surface area (Å²) in [5.74, 6) is -3.43. The van der Waals surface area contributed by atoms with Gasteiger partial charge in [-0.3, -0.25) is 9.59 Å². The molecule has 0 saturated heterocycles. The third kappa shape index (κ3) is 4.03. The molecule has 2 N–H and O–H groups in total. The van der Waals surface area contributed by atoms with E-state index in [0.29, 0.717) is 22.6 Å². The van der Waals surface area contributed by atoms with Gasteiger partial charge in [-0.2, -0.15) is 5.10 Å². The van der Waals surface area contributed by atoms with Gasteiger partial charge in [0.2, 0.25) is 5.91 Å². The third-order valence-electron chi connectivity index (χ3n) is 3.63. The monoisotopic (exact) mass is 345 g/mol. The topological polar surface area (TPSA) is 111 Å². The Bertz CT molecular complexity index is 812. The first-order valence-corrected chi connectivity index (χ1v) is 7.71. The van der Waals surface area contributed by atoms with Crippen molar-refractivity contribution >= 4 is 23.5 Å². The molecule has 0 aliphatic heterocycles. The molecule has 1 unspecified atom stereocenters. The third-order valence-corrected chi connectivity index (χ3v) is 3.63. The Morgan fingerprint density at radius 3 is 2.72 bits per heavy atom. The molecule has 0 spiro atoms. The van der Waals surface area contributed by atoms with E-state index in [9.17, 15) is 14.4 Å². The van der Waals surface area contributed by atoms with Gasteiger partial charge in [0, 0.05) is 5.69 Å². The molecular formula is C17H19N3O5. The van der Waals surface area contributed by atoms with Crippen molar-refractivity contribution in [2.75, 3.05) is 11.9 Å². The normalized spacial score (nSPS) is 11.6. The number of carboxylic acids is 1. The molecule has 2 rings (SSSR count). The number of aromatic nitrogens is 2. The molecule has 1 aromatic heterocycles. The molecule has 8 heteroatoms. The number of rotatable bonds is 6. The van der Waals surface area contributed by atoms with E-state index in [2.05, 4.69) is 10.4 Å². The second-order valence-corrected chi connectivity index (χ2v) is 5.38. The average Bonchev–Trinajstić information content (AvgIpc) is 2.96. The predicted octanol–water partition coefficient (Wildman–Crippen LogP) is 2.02. The fraction of sp³-hybridized carbons (Fsp3) is 0.294. The lowest BCUT2D eigenvalue weighted by Crippen LogP contribution is -2.26. The SMILES string of the molecule is CCOC(=O)c1cnn(-c2cccc(NC(=O)C(C)C(=O)O)c2)c1C. The Balaban J connectivity index is 2.26. The molecule has 0 aliphatic carbocycles. The van der Waals surface area contributed by atoms with Gasteiger partial charge in [-0.15, -0.1) is 0 Å². The fourth-order valence-corrected chi connectivity index (χ4v) is 2.16. The molecule has 1 atom stereocenters. The van der Waals surface area contributed by atoms with Gasteiger partial charge in [0.15, 0.2) is 0 Å². The number of hydrogen-bond donors (Lipinski definition) is 2. The van der Waals surface area contributed by atoms with Gasteiger partial charge in [-0.05, 0) is 39.0 Å². The van der Waals surface area contributed by atoms with E-state index < -0.39 is 23.8 Å². The summed E-state index contributed by atoms with van der Waals surface area (Å²) in [5.41, 5.74) is 2.01. The van der Waals surface area contributed by atoms with Crippen LogP contribution in [0, 0.1) is 12.8 Å². The molecule has 0 fully saturated rings. The molecule has 1 heterocycles. The lowest BCUT2D eigenvalue weighted by Gasteiger charge is -2.11. The largest absolute Gasteiger partial charge is 0.481 e. The predicted molar refractivity (Wildman–Crippen MR) is 89.7 cm³/mol. The van der Waals surface area contributed by atoms with Crippen molar-refractivity contribution in [2.24, 2.45) is 5.92 Å². The number of aliphatic carboxylic acids is 1. The van der Waals surface area contributed by atoms with Gasteiger partial charge in [0.05, 0.1) is 24.2 Å². The molecule has 25 heavy (non-hydrogen) atoms. The molecule has 0 saturated carbocycles. The summed E-state index contributed by atoms with van der Waals surface area (Å²) in [6.07, 6.45) is 1.42. The maximum Gasteiger partial charge on any atom is 0.341 e. The summed E-state index contributed by atoms with van der Waals surface area (Å²) in [5, 5.41) is 15.6. The molecule has 0 radical (unpaired) electrons. The number of amides is 1. The highest BCUT2D eigenvalue weighted by atomic mass is 16.5. The zero-order valence-electron chi connectivity index (χ0n) is 14.1. The molecule has 8 nitrogen and oxygen atoms in total. The maximum atomic E-state index is 11.9. The van der Waals surface area contributed by atoms with E-state index in [4.69, 9.17) is 9.84 Å². The molecule has 0 aliphatic rings. The van der Waals surface area contributed by atoms with Gasteiger partial charge < -0.3 is 15.2 Å². The van der Waals surface area contributed by atoms with Crippen LogP contribution in [0.15, 0.2) is 30.5 Å². The minimum absolute atomic E-state index is 0.271. The zero-order valence-corrected chi connectivity index (χ0v) is 14.1. The number of ether oxygens (including phenoxy) is 1. The molecule has 132 valence electrons. The van der Waals surface area contributed by atoms with E-state index >= 15 is 0 Å². The van der Waals surface area contributed by atoms with Crippen LogP contribution in [0.4, 0.5) is 5.69 Å². The standard InChI is InChI=1S/C17H19N3O5/c1-4-25-17(24)14-9-18-20(11(14)3)13-7-5-6-12(8-13)19-15(21)10(2)16(22)23/h5-10H,4H2,1-3H3,(H,19,21)(H,22,23). The summed E-state index contributed by atoms with van der Waals surface area (Å²) in [7, 11) is 0. The minimum atomic E-state index is -1.20. The van der Waals surface area contributed by atoms with Crippen molar-refractivity contribution in [3.05, 3.63) is 41.7 Å². The second-order valence-electron chi connectivity index (χ2n) is 5.38. The van der Waals surface area contributed by atoms with E-state index in [1.54, 1.807) is 42.8 Å². The highest BCUT2D eigenvalue weighted by molar-refractivity contribution is 6.03. The van der Waals surface area contributed by atoms with Crippen molar-refractivity contribution < 1.29 is 24.2 Å².